The Morgan fingerprint density at radius 1 is 0.397 bits per heavy atom. The van der Waals surface area contributed by atoms with Crippen molar-refractivity contribution in [1.82, 2.24) is 42.5 Å². The van der Waals surface area contributed by atoms with Crippen LogP contribution in [0.2, 0.25) is 0 Å². The van der Waals surface area contributed by atoms with Crippen LogP contribution in [0.3, 0.4) is 0 Å². The third-order valence-electron chi connectivity index (χ3n) is 12.9. The molecule has 22 heteroatoms. The van der Waals surface area contributed by atoms with Crippen molar-refractivity contribution in [1.29, 1.82) is 0 Å². The van der Waals surface area contributed by atoms with Gasteiger partial charge in [-0.3, -0.25) is 43.2 Å². The molecule has 0 spiro atoms. The molecular weight excluding hydrogens is 1010 g/mol. The summed E-state index contributed by atoms with van der Waals surface area (Å²) in [5.41, 5.74) is 5.47. The van der Waals surface area contributed by atoms with Gasteiger partial charge in [0.1, 0.15) is 48.3 Å². The van der Waals surface area contributed by atoms with Crippen molar-refractivity contribution in [3.8, 4) is 0 Å². The van der Waals surface area contributed by atoms with Gasteiger partial charge in [-0.25, -0.2) is 4.79 Å². The third kappa shape index (κ3) is 31.3. The second-order valence-electron chi connectivity index (χ2n) is 23.6. The summed E-state index contributed by atoms with van der Waals surface area (Å²) in [7, 11) is 0. The number of aliphatic carboxylic acids is 1. The van der Waals surface area contributed by atoms with E-state index < -0.39 is 126 Å². The third-order valence-corrected chi connectivity index (χ3v) is 12.9. The van der Waals surface area contributed by atoms with E-state index in [9.17, 15) is 63.3 Å². The highest BCUT2D eigenvalue weighted by Gasteiger charge is 2.37. The maximum atomic E-state index is 14.2. The van der Waals surface area contributed by atoms with E-state index in [0.717, 1.165) is 32.1 Å². The molecule has 0 aromatic rings. The van der Waals surface area contributed by atoms with E-state index in [-0.39, 0.29) is 81.0 Å². The molecule has 0 aromatic heterocycles. The Morgan fingerprint density at radius 2 is 0.731 bits per heavy atom. The van der Waals surface area contributed by atoms with Gasteiger partial charge < -0.3 is 63.6 Å². The van der Waals surface area contributed by atoms with Crippen LogP contribution in [0.5, 0.6) is 0 Å². The fourth-order valence-corrected chi connectivity index (χ4v) is 8.75. The number of nitrogens with one attached hydrogen (secondary N) is 8. The lowest BCUT2D eigenvalue weighted by Gasteiger charge is -2.30. The van der Waals surface area contributed by atoms with E-state index in [1.54, 1.807) is 41.5 Å². The Morgan fingerprint density at radius 3 is 1.13 bits per heavy atom. The smallest absolute Gasteiger partial charge is 0.326 e. The van der Waals surface area contributed by atoms with Gasteiger partial charge in [-0.15, -0.1) is 0 Å². The van der Waals surface area contributed by atoms with Crippen LogP contribution in [-0.2, 0) is 47.9 Å². The zero-order valence-corrected chi connectivity index (χ0v) is 49.6. The van der Waals surface area contributed by atoms with Crippen molar-refractivity contribution < 1.29 is 63.3 Å². The second kappa shape index (κ2) is 38.3. The van der Waals surface area contributed by atoms with E-state index in [1.807, 2.05) is 41.5 Å². The minimum Gasteiger partial charge on any atom is -0.480 e. The number of carbonyl (C=O) groups excluding carboxylic acids is 9. The lowest BCUT2D eigenvalue weighted by atomic mass is 9.98. The van der Waals surface area contributed by atoms with Crippen LogP contribution < -0.4 is 48.3 Å². The molecule has 0 aliphatic rings. The molecule has 0 saturated carbocycles. The number of carbonyl (C=O) groups is 10. The molecule has 0 fully saturated rings. The Balaban J connectivity index is 6.48. The quantitative estimate of drug-likeness (QED) is 0.0391. The van der Waals surface area contributed by atoms with Crippen LogP contribution in [-0.4, -0.2) is 135 Å². The number of hydrogen-bond acceptors (Lipinski definition) is 12. The van der Waals surface area contributed by atoms with Gasteiger partial charge in [-0.1, -0.05) is 135 Å². The van der Waals surface area contributed by atoms with Crippen molar-refractivity contribution in [3.63, 3.8) is 0 Å². The lowest BCUT2D eigenvalue weighted by molar-refractivity contribution is -0.143. The molecule has 0 saturated heterocycles. The van der Waals surface area contributed by atoms with Crippen molar-refractivity contribution in [3.05, 3.63) is 0 Å². The van der Waals surface area contributed by atoms with Gasteiger partial charge in [0, 0.05) is 6.42 Å². The second-order valence-corrected chi connectivity index (χ2v) is 23.6. The van der Waals surface area contributed by atoms with Gasteiger partial charge in [-0.2, -0.15) is 0 Å². The number of rotatable bonds is 41. The van der Waals surface area contributed by atoms with Gasteiger partial charge in [0.15, 0.2) is 0 Å². The summed E-state index contributed by atoms with van der Waals surface area (Å²) in [4.78, 5) is 135. The average molecular weight is 1110 g/mol. The molecule has 10 atom stereocenters. The Labute approximate surface area is 465 Å². The molecule has 0 aromatic carbocycles. The zero-order chi connectivity index (χ0) is 60.0. The summed E-state index contributed by atoms with van der Waals surface area (Å²) in [5, 5.41) is 52.1. The normalized spacial score (nSPS) is 15.5. The molecule has 0 aliphatic heterocycles. The van der Waals surface area contributed by atoms with Crippen LogP contribution in [0.15, 0.2) is 0 Å². The van der Waals surface area contributed by atoms with Gasteiger partial charge in [0.2, 0.25) is 53.2 Å². The minimum atomic E-state index is -1.68. The maximum absolute atomic E-state index is 14.2. The lowest BCUT2D eigenvalue weighted by Crippen LogP contribution is -2.62. The molecule has 10 unspecified atom stereocenters. The van der Waals surface area contributed by atoms with Crippen molar-refractivity contribution in [2.75, 3.05) is 0 Å². The minimum absolute atomic E-state index is 0.0103. The summed E-state index contributed by atoms with van der Waals surface area (Å²) in [6, 6.07) is -10.5. The highest BCUT2D eigenvalue weighted by Crippen LogP contribution is 2.16. The molecule has 78 heavy (non-hydrogen) atoms. The Bertz CT molecular complexity index is 1890. The van der Waals surface area contributed by atoms with E-state index >= 15 is 0 Å². The molecule has 0 heterocycles. The number of nitrogens with two attached hydrogens (primary N) is 1. The summed E-state index contributed by atoms with van der Waals surface area (Å²) in [6.07, 6.45) is 5.08. The van der Waals surface area contributed by atoms with E-state index in [0.29, 0.717) is 6.42 Å². The van der Waals surface area contributed by atoms with Gasteiger partial charge in [0.05, 0.1) is 18.6 Å². The first-order valence-electron chi connectivity index (χ1n) is 28.6. The number of carboxylic acids is 1. The first kappa shape index (κ1) is 72.6. The number of aliphatic hydroxyl groups excluding tert-OH is 2. The van der Waals surface area contributed by atoms with Crippen LogP contribution in [0.1, 0.15) is 200 Å². The summed E-state index contributed by atoms with van der Waals surface area (Å²) in [5.74, 6) is -9.57. The number of hydrogen-bond donors (Lipinski definition) is 12. The van der Waals surface area contributed by atoms with E-state index in [4.69, 9.17) is 5.73 Å². The van der Waals surface area contributed by atoms with Crippen LogP contribution in [0.25, 0.3) is 0 Å². The van der Waals surface area contributed by atoms with Crippen molar-refractivity contribution >= 4 is 59.1 Å². The fraction of sp³-hybridized carbons (Fsp3) is 0.821. The van der Waals surface area contributed by atoms with E-state index in [1.165, 1.54) is 19.8 Å². The number of carboxylic acid groups (broad SMARTS) is 1. The van der Waals surface area contributed by atoms with E-state index in [2.05, 4.69) is 49.5 Å². The molecular formula is C56H103N9O13. The predicted molar refractivity (Wildman–Crippen MR) is 299 cm³/mol. The number of primary amides is 1. The first-order chi connectivity index (χ1) is 36.3. The largest absolute Gasteiger partial charge is 0.480 e. The molecule has 13 N–H and O–H groups in total. The number of amides is 9. The molecule has 0 bridgehead atoms. The molecule has 22 nitrogen and oxygen atoms in total. The Kier molecular flexibility index (Phi) is 35.6. The highest BCUT2D eigenvalue weighted by molar-refractivity contribution is 5.98. The molecule has 0 rings (SSSR count). The zero-order valence-electron chi connectivity index (χ0n) is 49.6. The van der Waals surface area contributed by atoms with Crippen LogP contribution in [0, 0.1) is 35.5 Å². The SMILES string of the molecule is CCCCCCCCCC(O)CC(=O)NC(CC(C)C)C(=O)NC(CC(C)C)C(=O)NC(CCC(N)=O)C(=O)NC(CC(C)C)C(=O)NC(C(=O)NC(C(=O)NC(CC(C)C)C(=O)NC(CC(C)C)C(=O)O)C(C)C)C(C)O. The molecule has 0 radical (unpaired) electrons. The maximum Gasteiger partial charge on any atom is 0.326 e. The summed E-state index contributed by atoms with van der Waals surface area (Å²) in [6.45, 7) is 24.7. The topological polar surface area (TPSA) is 354 Å². The fourth-order valence-electron chi connectivity index (χ4n) is 8.75. The van der Waals surface area contributed by atoms with Crippen LogP contribution >= 0.6 is 0 Å². The molecule has 450 valence electrons. The monoisotopic (exact) mass is 1110 g/mol. The number of aliphatic hydroxyl groups is 2. The van der Waals surface area contributed by atoms with Crippen molar-refractivity contribution in [2.24, 2.45) is 41.2 Å². The van der Waals surface area contributed by atoms with Crippen molar-refractivity contribution in [2.45, 2.75) is 260 Å². The van der Waals surface area contributed by atoms with Gasteiger partial charge in [0.25, 0.3) is 0 Å². The summed E-state index contributed by atoms with van der Waals surface area (Å²) < 4.78 is 0. The molecule has 9 amide bonds. The standard InChI is InChI=1S/C56H103N9O13/c1-15-16-17-18-19-20-21-22-38(67)30-46(69)58-40(25-31(2)3)50(71)61-41(26-32(4)5)51(72)59-39(23-24-45(57)68)49(70)60-43(28-34(8)9)53(74)65-48(37(14)66)55(76)64-47(36(12)13)54(75)62-42(27-33(6)7)52(73)63-44(56(77)78)29-35(10)11/h31-44,47-48,66-67H,15-30H2,1-14H3,(H2,57,68)(H,58,69)(H,59,72)(H,60,70)(H,61,71)(H,62,75)(H,63,73)(H,64,76)(H,65,74)(H,77,78). The van der Waals surface area contributed by atoms with Crippen LogP contribution in [0.4, 0.5) is 0 Å². The predicted octanol–water partition coefficient (Wildman–Crippen LogP) is 3.37. The molecule has 0 aliphatic carbocycles. The number of unbranched alkanes of at least 4 members (excludes halogenated alkanes) is 6. The summed E-state index contributed by atoms with van der Waals surface area (Å²) >= 11 is 0. The van der Waals surface area contributed by atoms with Gasteiger partial charge >= 0.3 is 5.97 Å². The average Bonchev–Trinajstić information content (AvgIpc) is 3.30. The Hall–Kier alpha value is -5.38. The highest BCUT2D eigenvalue weighted by atomic mass is 16.4. The first-order valence-corrected chi connectivity index (χ1v) is 28.6. The van der Waals surface area contributed by atoms with Gasteiger partial charge in [-0.05, 0) is 87.4 Å².